The molecule has 0 saturated heterocycles. The molecule has 0 heterocycles. The molecule has 0 radical (unpaired) electrons. The summed E-state index contributed by atoms with van der Waals surface area (Å²) < 4.78 is 33.3. The summed E-state index contributed by atoms with van der Waals surface area (Å²) in [5.74, 6) is -0.206. The van der Waals surface area contributed by atoms with E-state index < -0.39 is 10.1 Å². The molecule has 0 aromatic heterocycles. The Morgan fingerprint density at radius 2 is 1.10 bits per heavy atom. The Hall–Kier alpha value is -0.130. The maximum absolute atomic E-state index is 10.7. The molecule has 5 heteroatoms. The largest absolute Gasteiger partial charge is 0.748 e. The Balaban J connectivity index is 4.54. The van der Waals surface area contributed by atoms with Crippen LogP contribution in [0.2, 0.25) is 0 Å². The Morgan fingerprint density at radius 1 is 0.714 bits per heavy atom. The summed E-state index contributed by atoms with van der Waals surface area (Å²) in [6.07, 6.45) is 8.65. The second kappa shape index (κ2) is 11.4. The van der Waals surface area contributed by atoms with E-state index in [-0.39, 0.29) is 5.75 Å². The maximum Gasteiger partial charge on any atom is 0.0945 e. The molecule has 0 aromatic carbocycles. The third-order valence-corrected chi connectivity index (χ3v) is 5.02. The molecule has 0 atom stereocenters. The second-order valence-electron chi connectivity index (χ2n) is 6.27. The van der Waals surface area contributed by atoms with Crippen LogP contribution in [0.1, 0.15) is 72.1 Å². The zero-order chi connectivity index (χ0) is 16.2. The summed E-state index contributed by atoms with van der Waals surface area (Å²) in [6.45, 7) is 11.3. The van der Waals surface area contributed by atoms with Gasteiger partial charge < -0.3 is 9.04 Å². The molecule has 0 saturated carbocycles. The van der Waals surface area contributed by atoms with Gasteiger partial charge >= 0.3 is 0 Å². The lowest BCUT2D eigenvalue weighted by atomic mass is 10.1. The van der Waals surface area contributed by atoms with E-state index in [9.17, 15) is 13.0 Å². The van der Waals surface area contributed by atoms with Gasteiger partial charge in [0.25, 0.3) is 0 Å². The highest BCUT2D eigenvalue weighted by Crippen LogP contribution is 2.16. The highest BCUT2D eigenvalue weighted by molar-refractivity contribution is 7.85. The molecule has 0 bridgehead atoms. The van der Waals surface area contributed by atoms with E-state index in [0.29, 0.717) is 6.42 Å². The quantitative estimate of drug-likeness (QED) is 0.279. The van der Waals surface area contributed by atoms with Gasteiger partial charge in [0.15, 0.2) is 0 Å². The first-order valence-corrected chi connectivity index (χ1v) is 10.3. The Morgan fingerprint density at radius 3 is 1.43 bits per heavy atom. The maximum atomic E-state index is 10.7. The van der Waals surface area contributed by atoms with Gasteiger partial charge in [0.1, 0.15) is 0 Å². The Labute approximate surface area is 132 Å². The first kappa shape index (κ1) is 20.9. The van der Waals surface area contributed by atoms with Gasteiger partial charge in [-0.25, -0.2) is 8.42 Å². The second-order valence-corrected chi connectivity index (χ2v) is 7.79. The van der Waals surface area contributed by atoms with Gasteiger partial charge in [-0.2, -0.15) is 0 Å². The first-order valence-electron chi connectivity index (χ1n) is 8.67. The van der Waals surface area contributed by atoms with Crippen LogP contribution in [0.15, 0.2) is 0 Å². The summed E-state index contributed by atoms with van der Waals surface area (Å²) in [4.78, 5) is 0. The van der Waals surface area contributed by atoms with E-state index in [4.69, 9.17) is 0 Å². The molecule has 128 valence electrons. The molecule has 21 heavy (non-hydrogen) atoms. The van der Waals surface area contributed by atoms with Crippen molar-refractivity contribution >= 4 is 10.1 Å². The lowest BCUT2D eigenvalue weighted by Gasteiger charge is -2.39. The van der Waals surface area contributed by atoms with Crippen molar-refractivity contribution in [1.29, 1.82) is 0 Å². The molecule has 0 amide bonds. The van der Waals surface area contributed by atoms with Crippen LogP contribution in [-0.2, 0) is 10.1 Å². The van der Waals surface area contributed by atoms with Crippen molar-refractivity contribution in [2.45, 2.75) is 72.1 Å². The summed E-state index contributed by atoms with van der Waals surface area (Å²) >= 11 is 0. The van der Waals surface area contributed by atoms with Crippen molar-refractivity contribution < 1.29 is 17.5 Å². The van der Waals surface area contributed by atoms with Crippen molar-refractivity contribution in [3.05, 3.63) is 0 Å². The summed E-state index contributed by atoms with van der Waals surface area (Å²) in [5, 5.41) is 0. The fraction of sp³-hybridized carbons (Fsp3) is 1.00. The van der Waals surface area contributed by atoms with E-state index in [1.54, 1.807) is 0 Å². The molecule has 4 nitrogen and oxygen atoms in total. The Bertz CT molecular complexity index is 320. The molecular weight excluding hydrogens is 286 g/mol. The molecule has 0 aliphatic carbocycles. The molecule has 0 aliphatic heterocycles. The van der Waals surface area contributed by atoms with E-state index in [1.807, 2.05) is 0 Å². The van der Waals surface area contributed by atoms with Crippen molar-refractivity contribution in [2.24, 2.45) is 0 Å². The minimum absolute atomic E-state index is 0.206. The predicted octanol–water partition coefficient (Wildman–Crippen LogP) is 3.53. The first-order chi connectivity index (χ1) is 9.89. The number of unbranched alkanes of at least 4 members (excludes halogenated alkanes) is 4. The van der Waals surface area contributed by atoms with E-state index in [1.165, 1.54) is 58.2 Å². The van der Waals surface area contributed by atoms with Crippen molar-refractivity contribution in [3.8, 4) is 0 Å². The minimum Gasteiger partial charge on any atom is -0.748 e. The molecule has 0 fully saturated rings. The van der Waals surface area contributed by atoms with Crippen LogP contribution in [0.3, 0.4) is 0 Å². The van der Waals surface area contributed by atoms with Crippen LogP contribution < -0.4 is 0 Å². The van der Waals surface area contributed by atoms with Gasteiger partial charge in [-0.1, -0.05) is 40.0 Å². The van der Waals surface area contributed by atoms with Crippen molar-refractivity contribution in [2.75, 3.05) is 31.9 Å². The predicted molar refractivity (Wildman–Crippen MR) is 88.3 cm³/mol. The van der Waals surface area contributed by atoms with Gasteiger partial charge in [0, 0.05) is 5.75 Å². The van der Waals surface area contributed by atoms with Crippen LogP contribution in [0.25, 0.3) is 0 Å². The molecule has 0 spiro atoms. The third-order valence-electron chi connectivity index (χ3n) is 4.23. The average molecular weight is 322 g/mol. The minimum atomic E-state index is -4.05. The van der Waals surface area contributed by atoms with Crippen LogP contribution in [0, 0.1) is 0 Å². The van der Waals surface area contributed by atoms with E-state index >= 15 is 0 Å². The lowest BCUT2D eigenvalue weighted by molar-refractivity contribution is -0.929. The molecule has 0 unspecified atom stereocenters. The lowest BCUT2D eigenvalue weighted by Crippen LogP contribution is -2.50. The summed E-state index contributed by atoms with van der Waals surface area (Å²) in [5.41, 5.74) is 0. The number of rotatable bonds is 14. The molecule has 0 rings (SSSR count). The number of nitrogens with zero attached hydrogens (tertiary/aromatic N) is 1. The van der Waals surface area contributed by atoms with Gasteiger partial charge in [0.05, 0.1) is 36.3 Å². The fourth-order valence-corrected chi connectivity index (χ4v) is 3.44. The highest BCUT2D eigenvalue weighted by atomic mass is 32.2. The number of quaternary nitrogens is 1. The summed E-state index contributed by atoms with van der Waals surface area (Å²) in [7, 11) is -4.05. The van der Waals surface area contributed by atoms with Gasteiger partial charge in [-0.3, -0.25) is 0 Å². The molecule has 0 N–H and O–H groups in total. The van der Waals surface area contributed by atoms with Crippen molar-refractivity contribution in [1.82, 2.24) is 0 Å². The average Bonchev–Trinajstić information content (AvgIpc) is 2.43. The zero-order valence-electron chi connectivity index (χ0n) is 14.3. The smallest absolute Gasteiger partial charge is 0.0945 e. The molecule has 0 aromatic rings. The number of hydrogen-bond donors (Lipinski definition) is 0. The normalized spacial score (nSPS) is 12.8. The standard InChI is InChI=1S/C16H35NO3S/c1-4-7-12-17(13-8-5-2,14-9-6-3)15-10-11-16-21(18,19)20/h4-16H2,1-3H3. The summed E-state index contributed by atoms with van der Waals surface area (Å²) in [6, 6.07) is 0. The third kappa shape index (κ3) is 11.1. The van der Waals surface area contributed by atoms with Crippen LogP contribution >= 0.6 is 0 Å². The van der Waals surface area contributed by atoms with Crippen LogP contribution in [0.5, 0.6) is 0 Å². The van der Waals surface area contributed by atoms with Gasteiger partial charge in [0.2, 0.25) is 0 Å². The van der Waals surface area contributed by atoms with E-state index in [0.717, 1.165) is 17.4 Å². The SMILES string of the molecule is CCCC[N+](CCCC)(CCCC)CCCCS(=O)(=O)[O-]. The highest BCUT2D eigenvalue weighted by Gasteiger charge is 2.25. The van der Waals surface area contributed by atoms with E-state index in [2.05, 4.69) is 20.8 Å². The van der Waals surface area contributed by atoms with Crippen LogP contribution in [0.4, 0.5) is 0 Å². The van der Waals surface area contributed by atoms with Crippen molar-refractivity contribution in [3.63, 3.8) is 0 Å². The van der Waals surface area contributed by atoms with Gasteiger partial charge in [-0.15, -0.1) is 0 Å². The topological polar surface area (TPSA) is 57.2 Å². The Kier molecular flexibility index (Phi) is 11.4. The fourth-order valence-electron chi connectivity index (χ4n) is 2.88. The van der Waals surface area contributed by atoms with Crippen LogP contribution in [-0.4, -0.2) is 49.4 Å². The number of hydrogen-bond acceptors (Lipinski definition) is 3. The monoisotopic (exact) mass is 321 g/mol. The molecular formula is C16H35NO3S. The molecule has 0 aliphatic rings. The zero-order valence-corrected chi connectivity index (χ0v) is 15.1. The van der Waals surface area contributed by atoms with Gasteiger partial charge in [-0.05, 0) is 32.1 Å².